The SMILES string of the molecule is C=C=CC(CCl)CC(C)C(Br)CCC. The summed E-state index contributed by atoms with van der Waals surface area (Å²) in [6.45, 7) is 8.07. The van der Waals surface area contributed by atoms with Gasteiger partial charge in [0.1, 0.15) is 0 Å². The molecular weight excluding hydrogens is 259 g/mol. The quantitative estimate of drug-likeness (QED) is 0.465. The van der Waals surface area contributed by atoms with E-state index in [2.05, 4.69) is 42.1 Å². The molecule has 0 amide bonds. The summed E-state index contributed by atoms with van der Waals surface area (Å²) in [4.78, 5) is 0.608. The Morgan fingerprint density at radius 3 is 2.64 bits per heavy atom. The minimum absolute atomic E-state index is 0.418. The van der Waals surface area contributed by atoms with E-state index >= 15 is 0 Å². The standard InChI is InChI=1S/C12H20BrCl/c1-4-6-11(9-14)8-10(3)12(13)7-5-2/h6,10-12H,1,5,7-9H2,2-3H3. The van der Waals surface area contributed by atoms with Crippen LogP contribution in [0.5, 0.6) is 0 Å². The first-order valence-corrected chi connectivity index (χ1v) is 6.66. The zero-order valence-electron chi connectivity index (χ0n) is 9.10. The zero-order chi connectivity index (χ0) is 11.0. The van der Waals surface area contributed by atoms with Crippen molar-refractivity contribution >= 4 is 27.5 Å². The predicted octanol–water partition coefficient (Wildman–Crippen LogP) is 4.77. The van der Waals surface area contributed by atoms with Gasteiger partial charge in [-0.15, -0.1) is 17.3 Å². The lowest BCUT2D eigenvalue weighted by molar-refractivity contribution is 0.443. The average Bonchev–Trinajstić information content (AvgIpc) is 2.17. The van der Waals surface area contributed by atoms with Crippen LogP contribution in [0.3, 0.4) is 0 Å². The van der Waals surface area contributed by atoms with Crippen molar-refractivity contribution in [3.05, 3.63) is 18.4 Å². The van der Waals surface area contributed by atoms with Gasteiger partial charge in [-0.3, -0.25) is 0 Å². The Bertz CT molecular complexity index is 185. The second-order valence-electron chi connectivity index (χ2n) is 3.80. The lowest BCUT2D eigenvalue weighted by atomic mass is 9.93. The third kappa shape index (κ3) is 5.90. The highest BCUT2D eigenvalue weighted by atomic mass is 79.9. The molecule has 0 saturated carbocycles. The topological polar surface area (TPSA) is 0 Å². The molecule has 0 aliphatic heterocycles. The maximum Gasteiger partial charge on any atom is 0.0292 e. The number of alkyl halides is 2. The second-order valence-corrected chi connectivity index (χ2v) is 5.29. The number of halogens is 2. The van der Waals surface area contributed by atoms with Gasteiger partial charge in [-0.25, -0.2) is 0 Å². The van der Waals surface area contributed by atoms with Crippen molar-refractivity contribution in [2.75, 3.05) is 5.88 Å². The number of hydrogen-bond acceptors (Lipinski definition) is 0. The van der Waals surface area contributed by atoms with Crippen LogP contribution in [0.2, 0.25) is 0 Å². The first kappa shape index (κ1) is 14.3. The first-order valence-electron chi connectivity index (χ1n) is 5.21. The van der Waals surface area contributed by atoms with Crippen molar-refractivity contribution in [3.8, 4) is 0 Å². The summed E-state index contributed by atoms with van der Waals surface area (Å²) >= 11 is 9.58. The van der Waals surface area contributed by atoms with Crippen molar-refractivity contribution in [3.63, 3.8) is 0 Å². The van der Waals surface area contributed by atoms with Crippen LogP contribution in [-0.4, -0.2) is 10.7 Å². The maximum atomic E-state index is 5.86. The highest BCUT2D eigenvalue weighted by molar-refractivity contribution is 9.09. The van der Waals surface area contributed by atoms with Gasteiger partial charge >= 0.3 is 0 Å². The summed E-state index contributed by atoms with van der Waals surface area (Å²) in [5.41, 5.74) is 2.82. The molecule has 14 heavy (non-hydrogen) atoms. The average molecular weight is 280 g/mol. The maximum absolute atomic E-state index is 5.86. The first-order chi connectivity index (χ1) is 6.65. The van der Waals surface area contributed by atoms with Crippen LogP contribution in [0.4, 0.5) is 0 Å². The fraction of sp³-hybridized carbons (Fsp3) is 0.750. The molecule has 0 fully saturated rings. The molecule has 3 atom stereocenters. The van der Waals surface area contributed by atoms with Gasteiger partial charge in [-0.05, 0) is 30.8 Å². The third-order valence-electron chi connectivity index (χ3n) is 2.41. The van der Waals surface area contributed by atoms with E-state index in [1.54, 1.807) is 0 Å². The molecule has 0 aromatic rings. The van der Waals surface area contributed by atoms with E-state index in [0.717, 1.165) is 6.42 Å². The summed E-state index contributed by atoms with van der Waals surface area (Å²) in [5.74, 6) is 1.74. The smallest absolute Gasteiger partial charge is 0.0292 e. The van der Waals surface area contributed by atoms with Crippen LogP contribution in [0.25, 0.3) is 0 Å². The highest BCUT2D eigenvalue weighted by Crippen LogP contribution is 2.25. The predicted molar refractivity (Wildman–Crippen MR) is 69.3 cm³/mol. The Kier molecular flexibility index (Phi) is 8.76. The van der Waals surface area contributed by atoms with Crippen molar-refractivity contribution in [2.24, 2.45) is 11.8 Å². The molecule has 0 spiro atoms. The van der Waals surface area contributed by atoms with Gasteiger partial charge in [0.25, 0.3) is 0 Å². The lowest BCUT2D eigenvalue weighted by Crippen LogP contribution is -2.15. The molecule has 0 aromatic carbocycles. The number of hydrogen-bond donors (Lipinski definition) is 0. The summed E-state index contributed by atoms with van der Waals surface area (Å²) in [6, 6.07) is 0. The highest BCUT2D eigenvalue weighted by Gasteiger charge is 2.16. The summed E-state index contributed by atoms with van der Waals surface area (Å²) in [5, 5.41) is 0. The summed E-state index contributed by atoms with van der Waals surface area (Å²) in [7, 11) is 0. The molecule has 0 N–H and O–H groups in total. The van der Waals surface area contributed by atoms with Crippen LogP contribution < -0.4 is 0 Å². The molecule has 82 valence electrons. The molecule has 0 nitrogen and oxygen atoms in total. The Labute approximate surface area is 102 Å². The van der Waals surface area contributed by atoms with E-state index in [4.69, 9.17) is 11.6 Å². The van der Waals surface area contributed by atoms with Crippen molar-refractivity contribution in [2.45, 2.75) is 37.9 Å². The number of allylic oxidation sites excluding steroid dienone is 1. The van der Waals surface area contributed by atoms with Crippen LogP contribution >= 0.6 is 27.5 Å². The van der Waals surface area contributed by atoms with Crippen molar-refractivity contribution < 1.29 is 0 Å². The Morgan fingerprint density at radius 1 is 1.57 bits per heavy atom. The van der Waals surface area contributed by atoms with E-state index in [-0.39, 0.29) is 0 Å². The van der Waals surface area contributed by atoms with Gasteiger partial charge in [0.15, 0.2) is 0 Å². The van der Waals surface area contributed by atoms with Crippen LogP contribution in [-0.2, 0) is 0 Å². The summed E-state index contributed by atoms with van der Waals surface area (Å²) in [6.07, 6.45) is 5.55. The van der Waals surface area contributed by atoms with E-state index in [1.807, 2.05) is 6.08 Å². The van der Waals surface area contributed by atoms with Crippen LogP contribution in [0.15, 0.2) is 18.4 Å². The molecular formula is C12H20BrCl. The van der Waals surface area contributed by atoms with Crippen molar-refractivity contribution in [1.29, 1.82) is 0 Å². The van der Waals surface area contributed by atoms with E-state index < -0.39 is 0 Å². The molecule has 0 aliphatic carbocycles. The van der Waals surface area contributed by atoms with E-state index in [9.17, 15) is 0 Å². The molecule has 0 heterocycles. The molecule has 0 bridgehead atoms. The van der Waals surface area contributed by atoms with Gasteiger partial charge < -0.3 is 0 Å². The van der Waals surface area contributed by atoms with Crippen LogP contribution in [0, 0.1) is 11.8 Å². The molecule has 0 aromatic heterocycles. The van der Waals surface area contributed by atoms with E-state index in [0.29, 0.717) is 22.5 Å². The Hall–Kier alpha value is 0.290. The molecule has 0 saturated heterocycles. The largest absolute Gasteiger partial charge is 0.133 e. The summed E-state index contributed by atoms with van der Waals surface area (Å²) < 4.78 is 0. The van der Waals surface area contributed by atoms with Crippen LogP contribution in [0.1, 0.15) is 33.1 Å². The minimum atomic E-state index is 0.418. The third-order valence-corrected chi connectivity index (χ3v) is 4.16. The second kappa shape index (κ2) is 8.59. The fourth-order valence-electron chi connectivity index (χ4n) is 1.53. The van der Waals surface area contributed by atoms with Crippen molar-refractivity contribution in [1.82, 2.24) is 0 Å². The molecule has 0 rings (SSSR count). The van der Waals surface area contributed by atoms with Gasteiger partial charge in [-0.1, -0.05) is 42.8 Å². The van der Waals surface area contributed by atoms with Gasteiger partial charge in [0, 0.05) is 10.7 Å². The normalized spacial score (nSPS) is 16.9. The van der Waals surface area contributed by atoms with E-state index in [1.165, 1.54) is 12.8 Å². The van der Waals surface area contributed by atoms with Gasteiger partial charge in [0.2, 0.25) is 0 Å². The fourth-order valence-corrected chi connectivity index (χ4v) is 2.42. The zero-order valence-corrected chi connectivity index (χ0v) is 11.4. The Morgan fingerprint density at radius 2 is 2.21 bits per heavy atom. The van der Waals surface area contributed by atoms with Gasteiger partial charge in [0.05, 0.1) is 0 Å². The Balaban J connectivity index is 4.00. The number of rotatable bonds is 7. The van der Waals surface area contributed by atoms with Gasteiger partial charge in [-0.2, -0.15) is 0 Å². The monoisotopic (exact) mass is 278 g/mol. The minimum Gasteiger partial charge on any atom is -0.133 e. The molecule has 0 aliphatic rings. The molecule has 3 unspecified atom stereocenters. The molecule has 0 radical (unpaired) electrons. The molecule has 2 heteroatoms. The lowest BCUT2D eigenvalue weighted by Gasteiger charge is -2.20.